The molecule has 0 aliphatic carbocycles. The van der Waals surface area contributed by atoms with E-state index in [0.717, 1.165) is 50.3 Å². The number of hydrogen-bond acceptors (Lipinski definition) is 3. The van der Waals surface area contributed by atoms with Gasteiger partial charge in [0.25, 0.3) is 0 Å². The maximum atomic E-state index is 13.4. The van der Waals surface area contributed by atoms with Crippen LogP contribution in [0.4, 0.5) is 4.39 Å². The standard InChI is InChI=1S/C18H22ClFN4/c1-12(14-4-5-16(20)15(19)11-14)23-9-6-13(7-10-23)18-22-21-17-3-2-8-24(17)18/h4-5,11-13H,2-3,6-10H2,1H3/t12-/m0/s1. The third-order valence-corrected chi connectivity index (χ3v) is 5.80. The monoisotopic (exact) mass is 348 g/mol. The lowest BCUT2D eigenvalue weighted by atomic mass is 9.94. The Morgan fingerprint density at radius 3 is 2.75 bits per heavy atom. The van der Waals surface area contributed by atoms with Crippen molar-refractivity contribution in [1.29, 1.82) is 0 Å². The van der Waals surface area contributed by atoms with Crippen LogP contribution in [0.2, 0.25) is 5.02 Å². The first-order chi connectivity index (χ1) is 11.6. The van der Waals surface area contributed by atoms with Crippen molar-refractivity contribution in [2.24, 2.45) is 0 Å². The number of benzene rings is 1. The molecule has 1 aromatic heterocycles. The predicted molar refractivity (Wildman–Crippen MR) is 91.7 cm³/mol. The minimum Gasteiger partial charge on any atom is -0.315 e. The smallest absolute Gasteiger partial charge is 0.141 e. The average Bonchev–Trinajstić information content (AvgIpc) is 3.20. The second-order valence-electron chi connectivity index (χ2n) is 6.89. The van der Waals surface area contributed by atoms with Crippen LogP contribution >= 0.6 is 11.6 Å². The molecule has 1 fully saturated rings. The van der Waals surface area contributed by atoms with Crippen molar-refractivity contribution < 1.29 is 4.39 Å². The number of hydrogen-bond donors (Lipinski definition) is 0. The molecule has 1 saturated heterocycles. The summed E-state index contributed by atoms with van der Waals surface area (Å²) in [6, 6.07) is 5.29. The summed E-state index contributed by atoms with van der Waals surface area (Å²) in [7, 11) is 0. The number of nitrogens with zero attached hydrogens (tertiary/aromatic N) is 4. The van der Waals surface area contributed by atoms with E-state index in [9.17, 15) is 4.39 Å². The molecule has 0 N–H and O–H groups in total. The summed E-state index contributed by atoms with van der Waals surface area (Å²) in [5.41, 5.74) is 1.07. The first-order valence-electron chi connectivity index (χ1n) is 8.74. The summed E-state index contributed by atoms with van der Waals surface area (Å²) >= 11 is 5.93. The molecule has 0 amide bonds. The molecule has 0 bridgehead atoms. The van der Waals surface area contributed by atoms with Crippen molar-refractivity contribution in [3.8, 4) is 0 Å². The zero-order valence-corrected chi connectivity index (χ0v) is 14.6. The highest BCUT2D eigenvalue weighted by Gasteiger charge is 2.29. The van der Waals surface area contributed by atoms with E-state index in [1.807, 2.05) is 6.07 Å². The third-order valence-electron chi connectivity index (χ3n) is 5.51. The van der Waals surface area contributed by atoms with Gasteiger partial charge in [-0.3, -0.25) is 4.90 Å². The van der Waals surface area contributed by atoms with Crippen LogP contribution in [-0.2, 0) is 13.0 Å². The molecular formula is C18H22ClFN4. The van der Waals surface area contributed by atoms with E-state index in [0.29, 0.717) is 5.92 Å². The van der Waals surface area contributed by atoms with Crippen molar-refractivity contribution in [1.82, 2.24) is 19.7 Å². The molecule has 1 atom stereocenters. The van der Waals surface area contributed by atoms with Crippen molar-refractivity contribution in [2.45, 2.75) is 51.1 Å². The van der Waals surface area contributed by atoms with Gasteiger partial charge in [-0.15, -0.1) is 10.2 Å². The predicted octanol–water partition coefficient (Wildman–Crippen LogP) is 3.96. The Morgan fingerprint density at radius 1 is 1.21 bits per heavy atom. The fourth-order valence-electron chi connectivity index (χ4n) is 4.00. The van der Waals surface area contributed by atoms with Gasteiger partial charge in [0.15, 0.2) is 0 Å². The zero-order valence-electron chi connectivity index (χ0n) is 13.9. The van der Waals surface area contributed by atoms with Crippen LogP contribution in [0, 0.1) is 5.82 Å². The van der Waals surface area contributed by atoms with E-state index in [-0.39, 0.29) is 16.9 Å². The zero-order chi connectivity index (χ0) is 16.7. The van der Waals surface area contributed by atoms with Gasteiger partial charge in [0, 0.05) is 24.9 Å². The Balaban J connectivity index is 1.43. The molecule has 4 nitrogen and oxygen atoms in total. The van der Waals surface area contributed by atoms with Crippen molar-refractivity contribution in [3.05, 3.63) is 46.3 Å². The third kappa shape index (κ3) is 2.84. The Morgan fingerprint density at radius 2 is 2.00 bits per heavy atom. The van der Waals surface area contributed by atoms with Gasteiger partial charge in [0.2, 0.25) is 0 Å². The molecular weight excluding hydrogens is 327 g/mol. The van der Waals surface area contributed by atoms with Gasteiger partial charge in [0.1, 0.15) is 17.5 Å². The van der Waals surface area contributed by atoms with Gasteiger partial charge in [0.05, 0.1) is 5.02 Å². The lowest BCUT2D eigenvalue weighted by molar-refractivity contribution is 0.159. The molecule has 0 spiro atoms. The molecule has 3 heterocycles. The second kappa shape index (κ2) is 6.45. The first kappa shape index (κ1) is 16.0. The molecule has 1 aromatic carbocycles. The largest absolute Gasteiger partial charge is 0.315 e. The maximum Gasteiger partial charge on any atom is 0.141 e. The lowest BCUT2D eigenvalue weighted by Crippen LogP contribution is -2.35. The van der Waals surface area contributed by atoms with Crippen molar-refractivity contribution in [3.63, 3.8) is 0 Å². The summed E-state index contributed by atoms with van der Waals surface area (Å²) < 4.78 is 15.7. The average molecular weight is 349 g/mol. The van der Waals surface area contributed by atoms with Gasteiger partial charge in [-0.25, -0.2) is 4.39 Å². The van der Waals surface area contributed by atoms with E-state index in [2.05, 4.69) is 26.6 Å². The molecule has 2 aliphatic rings. The number of likely N-dealkylation sites (tertiary alicyclic amines) is 1. The van der Waals surface area contributed by atoms with Gasteiger partial charge in [-0.2, -0.15) is 0 Å². The number of halogens is 2. The molecule has 2 aromatic rings. The minimum atomic E-state index is -0.355. The van der Waals surface area contributed by atoms with Crippen LogP contribution < -0.4 is 0 Å². The number of aryl methyl sites for hydroxylation is 1. The Hall–Kier alpha value is -1.46. The number of aromatic nitrogens is 3. The van der Waals surface area contributed by atoms with Crippen LogP contribution in [0.1, 0.15) is 55.4 Å². The van der Waals surface area contributed by atoms with Crippen LogP contribution in [0.25, 0.3) is 0 Å². The maximum absolute atomic E-state index is 13.4. The SMILES string of the molecule is C[C@@H](c1ccc(F)c(Cl)c1)N1CCC(c2nnc3n2CCC3)CC1. The van der Waals surface area contributed by atoms with E-state index in [4.69, 9.17) is 11.6 Å². The van der Waals surface area contributed by atoms with Crippen molar-refractivity contribution in [2.75, 3.05) is 13.1 Å². The van der Waals surface area contributed by atoms with E-state index >= 15 is 0 Å². The number of fused-ring (bicyclic) bond motifs is 1. The molecule has 24 heavy (non-hydrogen) atoms. The molecule has 128 valence electrons. The molecule has 0 unspecified atom stereocenters. The fraction of sp³-hybridized carbons (Fsp3) is 0.556. The van der Waals surface area contributed by atoms with Crippen LogP contribution in [0.15, 0.2) is 18.2 Å². The summed E-state index contributed by atoms with van der Waals surface area (Å²) in [5.74, 6) is 2.48. The molecule has 4 rings (SSSR count). The molecule has 0 saturated carbocycles. The van der Waals surface area contributed by atoms with Crippen molar-refractivity contribution >= 4 is 11.6 Å². The van der Waals surface area contributed by atoms with Gasteiger partial charge in [-0.05, 0) is 57.0 Å². The molecule has 0 radical (unpaired) electrons. The van der Waals surface area contributed by atoms with E-state index < -0.39 is 0 Å². The topological polar surface area (TPSA) is 34.0 Å². The van der Waals surface area contributed by atoms with E-state index in [1.165, 1.54) is 18.3 Å². The van der Waals surface area contributed by atoms with Crippen LogP contribution in [-0.4, -0.2) is 32.8 Å². The Kier molecular flexibility index (Phi) is 4.31. The summed E-state index contributed by atoms with van der Waals surface area (Å²) in [5, 5.41) is 8.99. The second-order valence-corrected chi connectivity index (χ2v) is 7.30. The summed E-state index contributed by atoms with van der Waals surface area (Å²) in [6.45, 7) is 5.27. The highest BCUT2D eigenvalue weighted by molar-refractivity contribution is 6.30. The Bertz CT molecular complexity index is 737. The van der Waals surface area contributed by atoms with Gasteiger partial charge < -0.3 is 4.57 Å². The lowest BCUT2D eigenvalue weighted by Gasteiger charge is -2.36. The highest BCUT2D eigenvalue weighted by Crippen LogP contribution is 2.33. The quantitative estimate of drug-likeness (QED) is 0.842. The Labute approximate surface area is 146 Å². The normalized spacial score (nSPS) is 20.3. The van der Waals surface area contributed by atoms with Gasteiger partial charge >= 0.3 is 0 Å². The fourth-order valence-corrected chi connectivity index (χ4v) is 4.19. The molecule has 2 aliphatic heterocycles. The van der Waals surface area contributed by atoms with Crippen LogP contribution in [0.5, 0.6) is 0 Å². The van der Waals surface area contributed by atoms with Crippen LogP contribution in [0.3, 0.4) is 0 Å². The summed E-state index contributed by atoms with van der Waals surface area (Å²) in [4.78, 5) is 2.45. The summed E-state index contributed by atoms with van der Waals surface area (Å²) in [6.07, 6.45) is 4.45. The molecule has 6 heteroatoms. The first-order valence-corrected chi connectivity index (χ1v) is 9.12. The number of piperidine rings is 1. The highest BCUT2D eigenvalue weighted by atomic mass is 35.5. The minimum absolute atomic E-state index is 0.202. The van der Waals surface area contributed by atoms with E-state index in [1.54, 1.807) is 6.07 Å². The van der Waals surface area contributed by atoms with Gasteiger partial charge in [-0.1, -0.05) is 17.7 Å². The number of rotatable bonds is 3.